The molecule has 6 nitrogen and oxygen atoms in total. The Balaban J connectivity index is 1.93. The molecule has 1 unspecified atom stereocenters. The van der Waals surface area contributed by atoms with Gasteiger partial charge in [0, 0.05) is 29.6 Å². The van der Waals surface area contributed by atoms with E-state index in [4.69, 9.17) is 10.7 Å². The molecule has 6 heteroatoms. The smallest absolute Gasteiger partial charge is 0.144 e. The number of fused-ring (bicyclic) bond motifs is 1. The normalized spacial score (nSPS) is 16.9. The van der Waals surface area contributed by atoms with Gasteiger partial charge in [0.1, 0.15) is 17.8 Å². The second kappa shape index (κ2) is 5.33. The average molecular weight is 304 g/mol. The van der Waals surface area contributed by atoms with Crippen molar-refractivity contribution in [1.29, 1.82) is 0 Å². The average Bonchev–Trinajstić information content (AvgIpc) is 3.01. The fraction of sp³-hybridized carbons (Fsp3) is 0.118. The highest BCUT2D eigenvalue weighted by Gasteiger charge is 2.28. The fourth-order valence-electron chi connectivity index (χ4n) is 2.78. The largest absolute Gasteiger partial charge is 0.306 e. The van der Waals surface area contributed by atoms with E-state index in [1.807, 2.05) is 54.3 Å². The number of nitrogens with zero attached hydrogens (tertiary/aromatic N) is 4. The molecule has 1 aromatic carbocycles. The van der Waals surface area contributed by atoms with Crippen molar-refractivity contribution in [2.24, 2.45) is 10.7 Å². The lowest BCUT2D eigenvalue weighted by Crippen LogP contribution is -2.34. The van der Waals surface area contributed by atoms with Crippen LogP contribution in [-0.4, -0.2) is 21.0 Å². The maximum atomic E-state index is 6.26. The Bertz CT molecular complexity index is 868. The third kappa shape index (κ3) is 2.29. The van der Waals surface area contributed by atoms with Gasteiger partial charge in [-0.05, 0) is 25.1 Å². The zero-order chi connectivity index (χ0) is 15.8. The summed E-state index contributed by atoms with van der Waals surface area (Å²) >= 11 is 0. The van der Waals surface area contributed by atoms with E-state index in [1.165, 1.54) is 0 Å². The van der Waals surface area contributed by atoms with Crippen molar-refractivity contribution in [2.45, 2.75) is 13.1 Å². The van der Waals surface area contributed by atoms with E-state index in [1.54, 1.807) is 12.4 Å². The Morgan fingerprint density at radius 3 is 2.78 bits per heavy atom. The predicted octanol–water partition coefficient (Wildman–Crippen LogP) is 2.67. The van der Waals surface area contributed by atoms with E-state index in [2.05, 4.69) is 15.2 Å². The molecule has 114 valence electrons. The summed E-state index contributed by atoms with van der Waals surface area (Å²) in [7, 11) is 0. The minimum absolute atomic E-state index is 0.401. The quantitative estimate of drug-likeness (QED) is 0.762. The standard InChI is InChI=1S/C17H16N6/c1-11-9-15(22-21-11)23-14-7-3-2-6-13(14)16(18)20-17(23)12-5-4-8-19-10-12/h2-10,16H,18H2,1H3,(H,21,22). The first-order valence-corrected chi connectivity index (χ1v) is 7.39. The number of hydrogen-bond acceptors (Lipinski definition) is 5. The first-order chi connectivity index (χ1) is 11.2. The molecule has 0 amide bonds. The van der Waals surface area contributed by atoms with Crippen LogP contribution in [0.1, 0.15) is 23.0 Å². The Labute approximate surface area is 133 Å². The van der Waals surface area contributed by atoms with E-state index in [0.717, 1.165) is 34.2 Å². The van der Waals surface area contributed by atoms with E-state index in [9.17, 15) is 0 Å². The van der Waals surface area contributed by atoms with Crippen molar-refractivity contribution in [2.75, 3.05) is 4.90 Å². The van der Waals surface area contributed by atoms with Crippen molar-refractivity contribution in [3.05, 3.63) is 71.7 Å². The van der Waals surface area contributed by atoms with Gasteiger partial charge in [-0.15, -0.1) is 0 Å². The van der Waals surface area contributed by atoms with Crippen LogP contribution in [0.4, 0.5) is 11.5 Å². The number of rotatable bonds is 2. The van der Waals surface area contributed by atoms with Gasteiger partial charge in [-0.25, -0.2) is 4.99 Å². The van der Waals surface area contributed by atoms with Crippen LogP contribution in [-0.2, 0) is 0 Å². The summed E-state index contributed by atoms with van der Waals surface area (Å²) in [5.74, 6) is 1.61. The van der Waals surface area contributed by atoms with Crippen molar-refractivity contribution >= 4 is 17.3 Å². The van der Waals surface area contributed by atoms with E-state index in [-0.39, 0.29) is 0 Å². The molecule has 3 heterocycles. The van der Waals surface area contributed by atoms with Crippen molar-refractivity contribution < 1.29 is 0 Å². The summed E-state index contributed by atoms with van der Waals surface area (Å²) in [6, 6.07) is 13.9. The lowest BCUT2D eigenvalue weighted by molar-refractivity contribution is 0.759. The molecular formula is C17H16N6. The van der Waals surface area contributed by atoms with Gasteiger partial charge < -0.3 is 5.73 Å². The molecule has 3 N–H and O–H groups in total. The van der Waals surface area contributed by atoms with Gasteiger partial charge in [-0.1, -0.05) is 18.2 Å². The molecule has 1 aliphatic rings. The van der Waals surface area contributed by atoms with Gasteiger partial charge in [-0.3, -0.25) is 15.0 Å². The molecule has 2 aromatic heterocycles. The topological polar surface area (TPSA) is 83.2 Å². The first-order valence-electron chi connectivity index (χ1n) is 7.39. The number of aryl methyl sites for hydroxylation is 1. The van der Waals surface area contributed by atoms with Crippen molar-refractivity contribution in [3.8, 4) is 0 Å². The van der Waals surface area contributed by atoms with Crippen LogP contribution in [0, 0.1) is 6.92 Å². The molecule has 0 radical (unpaired) electrons. The number of aromatic nitrogens is 3. The maximum Gasteiger partial charge on any atom is 0.144 e. The summed E-state index contributed by atoms with van der Waals surface area (Å²) in [6.45, 7) is 1.95. The molecule has 4 rings (SSSR count). The molecular weight excluding hydrogens is 288 g/mol. The van der Waals surface area contributed by atoms with Crippen LogP contribution in [0.15, 0.2) is 59.9 Å². The van der Waals surface area contributed by atoms with Gasteiger partial charge in [0.15, 0.2) is 0 Å². The minimum atomic E-state index is -0.401. The highest BCUT2D eigenvalue weighted by atomic mass is 15.3. The van der Waals surface area contributed by atoms with Crippen LogP contribution in [0.5, 0.6) is 0 Å². The molecule has 3 aromatic rings. The fourth-order valence-corrected chi connectivity index (χ4v) is 2.78. The van der Waals surface area contributed by atoms with Crippen molar-refractivity contribution in [1.82, 2.24) is 15.2 Å². The highest BCUT2D eigenvalue weighted by Crippen LogP contribution is 2.36. The number of amidine groups is 1. The predicted molar refractivity (Wildman–Crippen MR) is 89.6 cm³/mol. The van der Waals surface area contributed by atoms with E-state index in [0.29, 0.717) is 0 Å². The zero-order valence-electron chi connectivity index (χ0n) is 12.6. The second-order valence-electron chi connectivity index (χ2n) is 5.43. The monoisotopic (exact) mass is 304 g/mol. The lowest BCUT2D eigenvalue weighted by Gasteiger charge is -2.32. The number of pyridine rings is 1. The Morgan fingerprint density at radius 2 is 2.04 bits per heavy atom. The van der Waals surface area contributed by atoms with Crippen LogP contribution in [0.3, 0.4) is 0 Å². The molecule has 1 atom stereocenters. The third-order valence-electron chi connectivity index (χ3n) is 3.82. The number of anilines is 2. The Kier molecular flexibility index (Phi) is 3.17. The Hall–Kier alpha value is -2.99. The molecule has 0 bridgehead atoms. The molecule has 1 aliphatic heterocycles. The number of H-pyrrole nitrogens is 1. The number of hydrogen-bond donors (Lipinski definition) is 2. The molecule has 23 heavy (non-hydrogen) atoms. The number of nitrogens with two attached hydrogens (primary N) is 1. The molecule has 0 aliphatic carbocycles. The Morgan fingerprint density at radius 1 is 1.17 bits per heavy atom. The lowest BCUT2D eigenvalue weighted by atomic mass is 10.1. The second-order valence-corrected chi connectivity index (χ2v) is 5.43. The van der Waals surface area contributed by atoms with Gasteiger partial charge in [0.2, 0.25) is 0 Å². The molecule has 0 spiro atoms. The van der Waals surface area contributed by atoms with Gasteiger partial charge >= 0.3 is 0 Å². The van der Waals surface area contributed by atoms with E-state index < -0.39 is 6.17 Å². The van der Waals surface area contributed by atoms with Crippen molar-refractivity contribution in [3.63, 3.8) is 0 Å². The summed E-state index contributed by atoms with van der Waals surface area (Å²) in [5.41, 5.74) is 10.1. The molecule has 0 fully saturated rings. The number of aliphatic imine (C=N–C) groups is 1. The summed E-state index contributed by atoms with van der Waals surface area (Å²) in [5, 5.41) is 7.31. The van der Waals surface area contributed by atoms with Crippen LogP contribution < -0.4 is 10.6 Å². The number of para-hydroxylation sites is 1. The van der Waals surface area contributed by atoms with Crippen LogP contribution in [0.25, 0.3) is 0 Å². The first kappa shape index (κ1) is 13.7. The number of benzene rings is 1. The number of nitrogens with one attached hydrogen (secondary N) is 1. The third-order valence-corrected chi connectivity index (χ3v) is 3.82. The number of aromatic amines is 1. The SMILES string of the molecule is Cc1cc(N2C(c3cccnc3)=NC(N)c3ccccc32)[nH]n1. The summed E-state index contributed by atoms with van der Waals surface area (Å²) in [4.78, 5) is 10.9. The van der Waals surface area contributed by atoms with E-state index >= 15 is 0 Å². The molecule has 0 saturated heterocycles. The summed E-state index contributed by atoms with van der Waals surface area (Å²) in [6.07, 6.45) is 3.13. The summed E-state index contributed by atoms with van der Waals surface area (Å²) < 4.78 is 0. The zero-order valence-corrected chi connectivity index (χ0v) is 12.6. The van der Waals surface area contributed by atoms with Crippen LogP contribution in [0.2, 0.25) is 0 Å². The minimum Gasteiger partial charge on any atom is -0.306 e. The van der Waals surface area contributed by atoms with Crippen LogP contribution >= 0.6 is 0 Å². The highest BCUT2D eigenvalue weighted by molar-refractivity contribution is 6.15. The van der Waals surface area contributed by atoms with Gasteiger partial charge in [-0.2, -0.15) is 5.10 Å². The maximum absolute atomic E-state index is 6.26. The van der Waals surface area contributed by atoms with Gasteiger partial charge in [0.25, 0.3) is 0 Å². The molecule has 0 saturated carbocycles. The van der Waals surface area contributed by atoms with Gasteiger partial charge in [0.05, 0.1) is 11.4 Å².